The minimum atomic E-state index is 0.516. The first-order chi connectivity index (χ1) is 9.65. The summed E-state index contributed by atoms with van der Waals surface area (Å²) >= 11 is 0. The lowest BCUT2D eigenvalue weighted by molar-refractivity contribution is 0.848. The van der Waals surface area contributed by atoms with Crippen molar-refractivity contribution in [1.82, 2.24) is 9.97 Å². The maximum Gasteiger partial charge on any atom is 0.137 e. The normalized spacial score (nSPS) is 14.3. The number of aromatic nitrogens is 2. The van der Waals surface area contributed by atoms with Gasteiger partial charge in [0.15, 0.2) is 0 Å². The van der Waals surface area contributed by atoms with Gasteiger partial charge in [-0.1, -0.05) is 30.3 Å². The lowest BCUT2D eigenvalue weighted by Gasteiger charge is -2.21. The lowest BCUT2D eigenvalue weighted by atomic mass is 10.2. The van der Waals surface area contributed by atoms with Crippen LogP contribution in [0.15, 0.2) is 30.3 Å². The molecule has 0 spiro atoms. The smallest absolute Gasteiger partial charge is 0.137 e. The highest BCUT2D eigenvalue weighted by molar-refractivity contribution is 5.56. The Bertz CT molecular complexity index is 605. The van der Waals surface area contributed by atoms with Gasteiger partial charge in [0, 0.05) is 25.1 Å². The average molecular weight is 268 g/mol. The minimum absolute atomic E-state index is 0.516. The van der Waals surface area contributed by atoms with E-state index in [0.717, 1.165) is 23.8 Å². The third-order valence-corrected chi connectivity index (χ3v) is 3.74. The molecule has 0 bridgehead atoms. The fourth-order valence-electron chi connectivity index (χ4n) is 2.37. The molecule has 2 aromatic rings. The number of nitrogens with two attached hydrogens (primary N) is 1. The van der Waals surface area contributed by atoms with Crippen molar-refractivity contribution in [2.75, 3.05) is 17.7 Å². The van der Waals surface area contributed by atoms with Crippen molar-refractivity contribution in [3.05, 3.63) is 47.3 Å². The number of anilines is 2. The summed E-state index contributed by atoms with van der Waals surface area (Å²) in [5.74, 6) is 2.98. The molecule has 1 fully saturated rings. The van der Waals surface area contributed by atoms with Gasteiger partial charge in [-0.25, -0.2) is 9.97 Å². The molecule has 1 aromatic heterocycles. The standard InChI is InChI=1S/C16H20N4/c1-11-14(17)18-15(13-8-9-13)19-16(11)20(2)10-12-6-4-3-5-7-12/h3-7,13H,8-10H2,1-2H3,(H2,17,18,19). The second kappa shape index (κ2) is 5.12. The minimum Gasteiger partial charge on any atom is -0.383 e. The fourth-order valence-corrected chi connectivity index (χ4v) is 2.37. The second-order valence-corrected chi connectivity index (χ2v) is 5.53. The molecule has 0 radical (unpaired) electrons. The van der Waals surface area contributed by atoms with Crippen LogP contribution in [0.4, 0.5) is 11.6 Å². The Labute approximate surface area is 119 Å². The van der Waals surface area contributed by atoms with Crippen molar-refractivity contribution in [1.29, 1.82) is 0 Å². The highest BCUT2D eigenvalue weighted by atomic mass is 15.2. The Morgan fingerprint density at radius 2 is 1.90 bits per heavy atom. The Hall–Kier alpha value is -2.10. The van der Waals surface area contributed by atoms with Gasteiger partial charge in [-0.3, -0.25) is 0 Å². The molecule has 1 aliphatic carbocycles. The first-order valence-corrected chi connectivity index (χ1v) is 7.04. The molecule has 0 aliphatic heterocycles. The van der Waals surface area contributed by atoms with Gasteiger partial charge in [0.1, 0.15) is 17.5 Å². The van der Waals surface area contributed by atoms with Crippen LogP contribution in [0.25, 0.3) is 0 Å². The molecule has 0 saturated heterocycles. The van der Waals surface area contributed by atoms with Crippen LogP contribution in [-0.2, 0) is 6.54 Å². The molecular weight excluding hydrogens is 248 g/mol. The first kappa shape index (κ1) is 12.9. The lowest BCUT2D eigenvalue weighted by Crippen LogP contribution is -2.20. The Morgan fingerprint density at radius 1 is 1.20 bits per heavy atom. The van der Waals surface area contributed by atoms with Gasteiger partial charge in [0.05, 0.1) is 0 Å². The van der Waals surface area contributed by atoms with E-state index < -0.39 is 0 Å². The van der Waals surface area contributed by atoms with Crippen LogP contribution < -0.4 is 10.6 Å². The summed E-state index contributed by atoms with van der Waals surface area (Å²) in [6.45, 7) is 2.81. The van der Waals surface area contributed by atoms with Gasteiger partial charge in [-0.2, -0.15) is 0 Å². The molecule has 0 atom stereocenters. The second-order valence-electron chi connectivity index (χ2n) is 5.53. The zero-order valence-electron chi connectivity index (χ0n) is 12.0. The van der Waals surface area contributed by atoms with Crippen LogP contribution >= 0.6 is 0 Å². The number of hydrogen-bond acceptors (Lipinski definition) is 4. The van der Waals surface area contributed by atoms with E-state index in [0.29, 0.717) is 11.7 Å². The summed E-state index contributed by atoms with van der Waals surface area (Å²) in [5.41, 5.74) is 8.27. The maximum absolute atomic E-state index is 6.04. The zero-order valence-corrected chi connectivity index (χ0v) is 12.0. The summed E-state index contributed by atoms with van der Waals surface area (Å²) in [4.78, 5) is 11.3. The molecule has 4 nitrogen and oxygen atoms in total. The largest absolute Gasteiger partial charge is 0.383 e. The summed E-state index contributed by atoms with van der Waals surface area (Å²) in [5, 5.41) is 0. The Morgan fingerprint density at radius 3 is 2.55 bits per heavy atom. The number of nitrogen functional groups attached to an aromatic ring is 1. The van der Waals surface area contributed by atoms with Crippen molar-refractivity contribution in [3.63, 3.8) is 0 Å². The number of nitrogens with zero attached hydrogens (tertiary/aromatic N) is 3. The predicted octanol–water partition coefficient (Wildman–Crippen LogP) is 2.88. The molecule has 2 N–H and O–H groups in total. The molecule has 1 saturated carbocycles. The topological polar surface area (TPSA) is 55.0 Å². The van der Waals surface area contributed by atoms with Gasteiger partial charge in [-0.15, -0.1) is 0 Å². The summed E-state index contributed by atoms with van der Waals surface area (Å²) in [6.07, 6.45) is 2.37. The SMILES string of the molecule is Cc1c(N)nc(C2CC2)nc1N(C)Cc1ccccc1. The number of hydrogen-bond donors (Lipinski definition) is 1. The van der Waals surface area contributed by atoms with Crippen LogP contribution in [0.2, 0.25) is 0 Å². The van der Waals surface area contributed by atoms with Gasteiger partial charge >= 0.3 is 0 Å². The third-order valence-electron chi connectivity index (χ3n) is 3.74. The highest BCUT2D eigenvalue weighted by Gasteiger charge is 2.28. The van der Waals surface area contributed by atoms with E-state index in [-0.39, 0.29) is 0 Å². The Balaban J connectivity index is 1.88. The monoisotopic (exact) mass is 268 g/mol. The molecule has 0 unspecified atom stereocenters. The van der Waals surface area contributed by atoms with Crippen LogP contribution in [0, 0.1) is 6.92 Å². The molecule has 1 aromatic carbocycles. The van der Waals surface area contributed by atoms with Crippen molar-refractivity contribution in [2.45, 2.75) is 32.2 Å². The van der Waals surface area contributed by atoms with Gasteiger partial charge in [0.25, 0.3) is 0 Å². The van der Waals surface area contributed by atoms with E-state index in [9.17, 15) is 0 Å². The van der Waals surface area contributed by atoms with Gasteiger partial charge < -0.3 is 10.6 Å². The van der Waals surface area contributed by atoms with E-state index in [1.807, 2.05) is 13.0 Å². The molecule has 104 valence electrons. The van der Waals surface area contributed by atoms with Crippen LogP contribution in [-0.4, -0.2) is 17.0 Å². The van der Waals surface area contributed by atoms with Gasteiger partial charge in [-0.05, 0) is 25.3 Å². The molecule has 1 aliphatic rings. The summed E-state index contributed by atoms with van der Waals surface area (Å²) < 4.78 is 0. The van der Waals surface area contributed by atoms with Crippen molar-refractivity contribution < 1.29 is 0 Å². The summed E-state index contributed by atoms with van der Waals surface area (Å²) in [7, 11) is 2.05. The molecule has 1 heterocycles. The van der Waals surface area contributed by atoms with E-state index in [4.69, 9.17) is 10.7 Å². The van der Waals surface area contributed by atoms with E-state index >= 15 is 0 Å². The summed E-state index contributed by atoms with van der Waals surface area (Å²) in [6, 6.07) is 10.4. The number of rotatable bonds is 4. The molecular formula is C16H20N4. The van der Waals surface area contributed by atoms with E-state index in [1.54, 1.807) is 0 Å². The molecule has 3 rings (SSSR count). The quantitative estimate of drug-likeness (QED) is 0.926. The van der Waals surface area contributed by atoms with Crippen molar-refractivity contribution in [3.8, 4) is 0 Å². The number of benzene rings is 1. The first-order valence-electron chi connectivity index (χ1n) is 7.04. The molecule has 20 heavy (non-hydrogen) atoms. The van der Waals surface area contributed by atoms with Gasteiger partial charge in [0.2, 0.25) is 0 Å². The van der Waals surface area contributed by atoms with E-state index in [2.05, 4.69) is 41.2 Å². The van der Waals surface area contributed by atoms with Crippen molar-refractivity contribution in [2.24, 2.45) is 0 Å². The van der Waals surface area contributed by atoms with Crippen LogP contribution in [0.3, 0.4) is 0 Å². The van der Waals surface area contributed by atoms with Crippen LogP contribution in [0.1, 0.15) is 35.7 Å². The third kappa shape index (κ3) is 2.59. The predicted molar refractivity (Wildman–Crippen MR) is 81.7 cm³/mol. The molecule has 0 amide bonds. The molecule has 4 heteroatoms. The fraction of sp³-hybridized carbons (Fsp3) is 0.375. The van der Waals surface area contributed by atoms with E-state index in [1.165, 1.54) is 18.4 Å². The average Bonchev–Trinajstić information content (AvgIpc) is 3.27. The highest BCUT2D eigenvalue weighted by Crippen LogP contribution is 2.39. The van der Waals surface area contributed by atoms with Crippen LogP contribution in [0.5, 0.6) is 0 Å². The zero-order chi connectivity index (χ0) is 14.1. The van der Waals surface area contributed by atoms with Crippen molar-refractivity contribution >= 4 is 11.6 Å². The Kier molecular flexibility index (Phi) is 3.30. The maximum atomic E-state index is 6.04.